The molecule has 2 aromatic rings. The third-order valence-corrected chi connectivity index (χ3v) is 5.03. The van der Waals surface area contributed by atoms with Gasteiger partial charge in [0.15, 0.2) is 0 Å². The van der Waals surface area contributed by atoms with Crippen LogP contribution < -0.4 is 4.72 Å². The molecule has 0 radical (unpaired) electrons. The van der Waals surface area contributed by atoms with Crippen molar-refractivity contribution < 1.29 is 20.7 Å². The van der Waals surface area contributed by atoms with Crippen molar-refractivity contribution in [3.05, 3.63) is 47.2 Å². The number of rotatable bonds is 4. The van der Waals surface area contributed by atoms with Gasteiger partial charge in [0.25, 0.3) is 10.0 Å². The number of benzene rings is 1. The molecule has 0 fully saturated rings. The van der Waals surface area contributed by atoms with Crippen molar-refractivity contribution in [2.75, 3.05) is 4.72 Å². The number of hydrogen-bond donors (Lipinski definition) is 1. The van der Waals surface area contributed by atoms with Crippen molar-refractivity contribution in [2.24, 2.45) is 0 Å². The first-order valence-corrected chi connectivity index (χ1v) is 9.03. The molecule has 0 atom stereocenters. The summed E-state index contributed by atoms with van der Waals surface area (Å²) in [5.41, 5.74) is -0.375. The van der Waals surface area contributed by atoms with Gasteiger partial charge in [-0.2, -0.15) is 8.42 Å². The summed E-state index contributed by atoms with van der Waals surface area (Å²) in [4.78, 5) is 2.76. The van der Waals surface area contributed by atoms with E-state index in [-0.39, 0.29) is 10.6 Å². The van der Waals surface area contributed by atoms with Gasteiger partial charge < -0.3 is 0 Å². The first-order valence-electron chi connectivity index (χ1n) is 5.37. The lowest BCUT2D eigenvalue weighted by Gasteiger charge is -2.10. The molecule has 112 valence electrons. The summed E-state index contributed by atoms with van der Waals surface area (Å²) in [7, 11) is -9.14. The maximum Gasteiger partial charge on any atom is 0.334 e. The Morgan fingerprint density at radius 3 is 2.38 bits per heavy atom. The van der Waals surface area contributed by atoms with Crippen molar-refractivity contribution in [1.29, 1.82) is 0 Å². The third kappa shape index (κ3) is 3.77. The van der Waals surface area contributed by atoms with E-state index in [4.69, 9.17) is 0 Å². The molecule has 1 N–H and O–H groups in total. The Hall–Kier alpha value is -1.52. The summed E-state index contributed by atoms with van der Waals surface area (Å²) in [6.07, 6.45) is 2.47. The van der Waals surface area contributed by atoms with Crippen molar-refractivity contribution in [2.45, 2.75) is 9.79 Å². The van der Waals surface area contributed by atoms with Crippen LogP contribution in [0.15, 0.2) is 57.0 Å². The molecule has 1 aromatic heterocycles. The zero-order valence-electron chi connectivity index (χ0n) is 10.2. The van der Waals surface area contributed by atoms with Crippen molar-refractivity contribution in [3.8, 4) is 0 Å². The monoisotopic (exact) mass is 394 g/mol. The molecule has 0 saturated carbocycles. The molecule has 0 aliphatic heterocycles. The lowest BCUT2D eigenvalue weighted by atomic mass is 10.3. The minimum atomic E-state index is -5.05. The van der Waals surface area contributed by atoms with Gasteiger partial charge in [0.2, 0.25) is 0 Å². The lowest BCUT2D eigenvalue weighted by molar-refractivity contribution is 0.552. The second-order valence-corrected chi connectivity index (χ2v) is 7.79. The highest BCUT2D eigenvalue weighted by atomic mass is 79.9. The first-order chi connectivity index (χ1) is 9.70. The van der Waals surface area contributed by atoms with Gasteiger partial charge in [-0.15, -0.1) is 3.89 Å². The predicted molar refractivity (Wildman–Crippen MR) is 77.5 cm³/mol. The molecule has 0 amide bonds. The molecule has 1 aromatic carbocycles. The fourth-order valence-corrected chi connectivity index (χ4v) is 3.78. The van der Waals surface area contributed by atoms with Crippen LogP contribution in [0.5, 0.6) is 0 Å². The van der Waals surface area contributed by atoms with Crippen LogP contribution in [0.1, 0.15) is 0 Å². The van der Waals surface area contributed by atoms with Crippen LogP contribution in [0.3, 0.4) is 0 Å². The number of para-hydroxylation sites is 1. The molecule has 0 aliphatic rings. The third-order valence-electron chi connectivity index (χ3n) is 2.38. The molecular formula is C11H8BrFN2O4S2. The highest BCUT2D eigenvalue weighted by Gasteiger charge is 2.22. The minimum Gasteiger partial charge on any atom is -0.278 e. The highest BCUT2D eigenvalue weighted by Crippen LogP contribution is 2.25. The Kier molecular flexibility index (Phi) is 4.30. The van der Waals surface area contributed by atoms with E-state index in [2.05, 4.69) is 20.9 Å². The van der Waals surface area contributed by atoms with Gasteiger partial charge in [-0.05, 0) is 34.1 Å². The number of anilines is 1. The quantitative estimate of drug-likeness (QED) is 0.802. The Balaban J connectivity index is 2.48. The largest absolute Gasteiger partial charge is 0.334 e. The number of nitrogens with zero attached hydrogens (tertiary/aromatic N) is 1. The Morgan fingerprint density at radius 2 is 1.76 bits per heavy atom. The summed E-state index contributed by atoms with van der Waals surface area (Å²) < 4.78 is 61.9. The summed E-state index contributed by atoms with van der Waals surface area (Å²) in [5, 5.41) is 0. The van der Waals surface area contributed by atoms with Gasteiger partial charge in [-0.25, -0.2) is 8.42 Å². The summed E-state index contributed by atoms with van der Waals surface area (Å²) >= 11 is 3.08. The van der Waals surface area contributed by atoms with Crippen LogP contribution in [0, 0.1) is 0 Å². The average molecular weight is 395 g/mol. The molecule has 21 heavy (non-hydrogen) atoms. The number of hydrogen-bond acceptors (Lipinski definition) is 5. The molecule has 10 heteroatoms. The highest BCUT2D eigenvalue weighted by molar-refractivity contribution is 9.10. The smallest absolute Gasteiger partial charge is 0.278 e. The fraction of sp³-hybridized carbons (Fsp3) is 0. The van der Waals surface area contributed by atoms with Crippen LogP contribution in [0.2, 0.25) is 0 Å². The number of sulfonamides is 1. The van der Waals surface area contributed by atoms with Gasteiger partial charge in [0, 0.05) is 16.9 Å². The average Bonchev–Trinajstić information content (AvgIpc) is 2.37. The van der Waals surface area contributed by atoms with E-state index in [0.29, 0.717) is 4.47 Å². The Morgan fingerprint density at radius 1 is 1.10 bits per heavy atom. The summed E-state index contributed by atoms with van der Waals surface area (Å²) in [6, 6.07) is 6.06. The normalized spacial score (nSPS) is 12.1. The SMILES string of the molecule is O=S(=O)(F)c1ccccc1NS(=O)(=O)c1cncc(Br)c1. The van der Waals surface area contributed by atoms with Gasteiger partial charge in [-0.1, -0.05) is 12.1 Å². The van der Waals surface area contributed by atoms with Crippen LogP contribution in [-0.2, 0) is 20.2 Å². The lowest BCUT2D eigenvalue weighted by Crippen LogP contribution is -2.15. The van der Waals surface area contributed by atoms with Crippen LogP contribution in [-0.4, -0.2) is 21.8 Å². The molecule has 2 rings (SSSR count). The van der Waals surface area contributed by atoms with E-state index in [9.17, 15) is 20.7 Å². The van der Waals surface area contributed by atoms with Crippen LogP contribution in [0.25, 0.3) is 0 Å². The van der Waals surface area contributed by atoms with Crippen LogP contribution >= 0.6 is 15.9 Å². The Labute approximate surface area is 129 Å². The molecule has 0 unspecified atom stereocenters. The van der Waals surface area contributed by atoms with E-state index in [0.717, 1.165) is 18.3 Å². The van der Waals surface area contributed by atoms with E-state index in [1.807, 2.05) is 4.72 Å². The molecule has 0 bridgehead atoms. The topological polar surface area (TPSA) is 93.2 Å². The second-order valence-electron chi connectivity index (χ2n) is 3.88. The Bertz CT molecular complexity index is 885. The second kappa shape index (κ2) is 5.70. The molecule has 0 spiro atoms. The number of halogens is 2. The summed E-state index contributed by atoms with van der Waals surface area (Å²) in [6.45, 7) is 0. The fourth-order valence-electron chi connectivity index (χ4n) is 1.51. The zero-order valence-corrected chi connectivity index (χ0v) is 13.4. The number of nitrogens with one attached hydrogen (secondary N) is 1. The van der Waals surface area contributed by atoms with Gasteiger partial charge in [0.1, 0.15) is 9.79 Å². The molecular weight excluding hydrogens is 387 g/mol. The van der Waals surface area contributed by atoms with E-state index in [1.165, 1.54) is 24.4 Å². The van der Waals surface area contributed by atoms with Crippen molar-refractivity contribution in [3.63, 3.8) is 0 Å². The van der Waals surface area contributed by atoms with E-state index < -0.39 is 25.1 Å². The van der Waals surface area contributed by atoms with Gasteiger partial charge >= 0.3 is 10.2 Å². The molecule has 0 saturated heterocycles. The molecule has 1 heterocycles. The van der Waals surface area contributed by atoms with Crippen LogP contribution in [0.4, 0.5) is 9.57 Å². The summed E-state index contributed by atoms with van der Waals surface area (Å²) in [5.74, 6) is 0. The van der Waals surface area contributed by atoms with Gasteiger partial charge in [0.05, 0.1) is 5.69 Å². The van der Waals surface area contributed by atoms with E-state index >= 15 is 0 Å². The molecule has 6 nitrogen and oxygen atoms in total. The first kappa shape index (κ1) is 15.9. The standard InChI is InChI=1S/C11H8BrFN2O4S2/c12-8-5-9(7-14-6-8)21(18,19)15-10-3-1-2-4-11(10)20(13,16)17/h1-7,15H. The number of pyridine rings is 1. The maximum absolute atomic E-state index is 13.1. The minimum absolute atomic E-state index is 0.192. The van der Waals surface area contributed by atoms with Gasteiger partial charge in [-0.3, -0.25) is 9.71 Å². The predicted octanol–water partition coefficient (Wildman–Crippen LogP) is 2.30. The number of aromatic nitrogens is 1. The van der Waals surface area contributed by atoms with Crippen molar-refractivity contribution in [1.82, 2.24) is 4.98 Å². The maximum atomic E-state index is 13.1. The van der Waals surface area contributed by atoms with Crippen molar-refractivity contribution >= 4 is 41.9 Å². The van der Waals surface area contributed by atoms with E-state index in [1.54, 1.807) is 0 Å². The zero-order chi connectivity index (χ0) is 15.7. The molecule has 0 aliphatic carbocycles.